The number of rotatable bonds is 17. The average Bonchev–Trinajstić information content (AvgIpc) is 2.91. The summed E-state index contributed by atoms with van der Waals surface area (Å²) in [6, 6.07) is 10.7. The van der Waals surface area contributed by atoms with Gasteiger partial charge in [0.2, 0.25) is 5.91 Å². The fourth-order valence-corrected chi connectivity index (χ4v) is 3.35. The van der Waals surface area contributed by atoms with Crippen molar-refractivity contribution in [1.29, 1.82) is 0 Å². The lowest BCUT2D eigenvalue weighted by molar-refractivity contribution is -0.121. The van der Waals surface area contributed by atoms with Crippen molar-refractivity contribution >= 4 is 31.0 Å². The highest BCUT2D eigenvalue weighted by Crippen LogP contribution is 2.41. The molecule has 0 saturated heterocycles. The number of methoxy groups -OCH3 is 1. The van der Waals surface area contributed by atoms with Crippen molar-refractivity contribution in [1.82, 2.24) is 10.6 Å². The van der Waals surface area contributed by atoms with Gasteiger partial charge in [0.15, 0.2) is 0 Å². The molecule has 0 spiro atoms. The van der Waals surface area contributed by atoms with Gasteiger partial charge in [0.1, 0.15) is 17.2 Å². The molecule has 38 heavy (non-hydrogen) atoms. The van der Waals surface area contributed by atoms with Gasteiger partial charge in [-0.05, 0) is 49.2 Å². The number of carbonyl (C=O) groups is 2. The highest BCUT2D eigenvalue weighted by molar-refractivity contribution is 7.47. The quantitative estimate of drug-likeness (QED) is 0.130. The van der Waals surface area contributed by atoms with Gasteiger partial charge in [-0.3, -0.25) is 18.6 Å². The Kier molecular flexibility index (Phi) is 13.4. The Bertz CT molecular complexity index is 1110. The number of hydrogen-bond donors (Lipinski definition) is 4. The van der Waals surface area contributed by atoms with E-state index in [1.165, 1.54) is 12.1 Å². The normalized spacial score (nSPS) is 12.7. The Morgan fingerprint density at radius 1 is 0.947 bits per heavy atom. The maximum Gasteiger partial charge on any atom is 0.471 e. The zero-order valence-corrected chi connectivity index (χ0v) is 22.2. The van der Waals surface area contributed by atoms with Gasteiger partial charge < -0.3 is 30.1 Å². The number of carbonyl (C=O) groups excluding carboxylic acids is 2. The van der Waals surface area contributed by atoms with Crippen molar-refractivity contribution in [3.63, 3.8) is 0 Å². The summed E-state index contributed by atoms with van der Waals surface area (Å²) in [6.45, 7) is 1.19. The van der Waals surface area contributed by atoms with E-state index in [1.54, 1.807) is 37.4 Å². The first-order valence-electron chi connectivity index (χ1n) is 11.8. The first-order valence-corrected chi connectivity index (χ1v) is 13.3. The van der Waals surface area contributed by atoms with Crippen LogP contribution in [0.3, 0.4) is 0 Å². The van der Waals surface area contributed by atoms with Crippen molar-refractivity contribution in [2.75, 3.05) is 47.1 Å². The Labute approximate surface area is 220 Å². The van der Waals surface area contributed by atoms with Crippen molar-refractivity contribution < 1.29 is 42.7 Å². The van der Waals surface area contributed by atoms with Gasteiger partial charge in [-0.1, -0.05) is 0 Å². The minimum atomic E-state index is -4.09. The molecule has 2 amide bonds. The number of hydrogen-bond acceptors (Lipinski definition) is 10. The van der Waals surface area contributed by atoms with Crippen LogP contribution < -0.4 is 15.4 Å². The van der Waals surface area contributed by atoms with Crippen LogP contribution in [0.1, 0.15) is 29.6 Å². The number of aromatic hydroxyl groups is 1. The van der Waals surface area contributed by atoms with Crippen LogP contribution in [0.4, 0.5) is 11.4 Å². The summed E-state index contributed by atoms with van der Waals surface area (Å²) >= 11 is 0. The van der Waals surface area contributed by atoms with E-state index in [9.17, 15) is 19.3 Å². The third kappa shape index (κ3) is 11.8. The molecule has 0 bridgehead atoms. The van der Waals surface area contributed by atoms with Crippen molar-refractivity contribution in [3.05, 3.63) is 48.0 Å². The van der Waals surface area contributed by atoms with Crippen LogP contribution in [0, 0.1) is 0 Å². The molecule has 1 atom stereocenters. The molecule has 4 N–H and O–H groups in total. The Hall–Kier alpha value is -3.35. The Balaban J connectivity index is 1.85. The van der Waals surface area contributed by atoms with Gasteiger partial charge in [-0.2, -0.15) is 5.11 Å². The van der Waals surface area contributed by atoms with E-state index >= 15 is 0 Å². The van der Waals surface area contributed by atoms with Gasteiger partial charge in [0, 0.05) is 52.0 Å². The summed E-state index contributed by atoms with van der Waals surface area (Å²) in [7, 11) is -1.43. The van der Waals surface area contributed by atoms with E-state index in [0.717, 1.165) is 13.5 Å². The third-order valence-corrected chi connectivity index (χ3v) is 5.84. The summed E-state index contributed by atoms with van der Waals surface area (Å²) in [4.78, 5) is 33.2. The number of phosphoric ester groups is 1. The van der Waals surface area contributed by atoms with E-state index in [0.29, 0.717) is 48.7 Å². The molecule has 1 unspecified atom stereocenters. The number of ether oxygens (including phenoxy) is 2. The summed E-state index contributed by atoms with van der Waals surface area (Å²) in [5.41, 5.74) is 1.19. The summed E-state index contributed by atoms with van der Waals surface area (Å²) in [5, 5.41) is 23.5. The largest absolute Gasteiger partial charge is 0.508 e. The Morgan fingerprint density at radius 2 is 1.71 bits per heavy atom. The van der Waals surface area contributed by atoms with E-state index in [4.69, 9.17) is 14.4 Å². The number of azo groups is 1. The molecule has 2 rings (SSSR count). The first-order chi connectivity index (χ1) is 18.2. The number of phenolic OH excluding ortho intramolecular Hbond substituents is 1. The second kappa shape index (κ2) is 16.5. The highest BCUT2D eigenvalue weighted by Gasteiger charge is 2.17. The van der Waals surface area contributed by atoms with E-state index in [2.05, 4.69) is 29.9 Å². The van der Waals surface area contributed by atoms with Crippen molar-refractivity contribution in [2.24, 2.45) is 10.2 Å². The fraction of sp³-hybridized carbons (Fsp3) is 0.417. The molecular weight excluding hydrogens is 519 g/mol. The smallest absolute Gasteiger partial charge is 0.471 e. The van der Waals surface area contributed by atoms with Crippen LogP contribution in [0.2, 0.25) is 0 Å². The van der Waals surface area contributed by atoms with Crippen LogP contribution in [0.25, 0.3) is 0 Å². The summed E-state index contributed by atoms with van der Waals surface area (Å²) in [5.74, 6) is -0.166. The number of nitrogens with one attached hydrogen (secondary N) is 2. The predicted octanol–water partition coefficient (Wildman–Crippen LogP) is 3.61. The summed E-state index contributed by atoms with van der Waals surface area (Å²) < 4.78 is 30.8. The molecule has 2 aromatic carbocycles. The molecule has 0 radical (unpaired) electrons. The molecule has 0 aromatic heterocycles. The number of nitrogens with zero attached hydrogens (tertiary/aromatic N) is 2. The van der Waals surface area contributed by atoms with Gasteiger partial charge >= 0.3 is 7.82 Å². The van der Waals surface area contributed by atoms with Gasteiger partial charge in [-0.15, -0.1) is 5.11 Å². The van der Waals surface area contributed by atoms with Gasteiger partial charge in [0.25, 0.3) is 5.91 Å². The number of phosphoric acid groups is 1. The Morgan fingerprint density at radius 3 is 2.42 bits per heavy atom. The van der Waals surface area contributed by atoms with Crippen LogP contribution in [0.5, 0.6) is 11.5 Å². The first kappa shape index (κ1) is 30.9. The molecule has 14 heteroatoms. The zero-order valence-electron chi connectivity index (χ0n) is 21.3. The molecule has 2 aromatic rings. The second-order valence-corrected chi connectivity index (χ2v) is 9.35. The molecule has 0 heterocycles. The van der Waals surface area contributed by atoms with E-state index in [1.807, 2.05) is 0 Å². The average molecular weight is 553 g/mol. The van der Waals surface area contributed by atoms with Gasteiger partial charge in [-0.25, -0.2) is 4.57 Å². The third-order valence-electron chi connectivity index (χ3n) is 4.87. The van der Waals surface area contributed by atoms with Gasteiger partial charge in [0.05, 0.1) is 18.9 Å². The molecule has 208 valence electrons. The fourth-order valence-electron chi connectivity index (χ4n) is 2.92. The minimum Gasteiger partial charge on any atom is -0.508 e. The second-order valence-electron chi connectivity index (χ2n) is 7.79. The molecule has 0 saturated carbocycles. The molecule has 0 aliphatic carbocycles. The topological polar surface area (TPSA) is 177 Å². The predicted molar refractivity (Wildman–Crippen MR) is 138 cm³/mol. The monoisotopic (exact) mass is 552 g/mol. The maximum atomic E-state index is 12.2. The molecule has 0 fully saturated rings. The molecule has 13 nitrogen and oxygen atoms in total. The van der Waals surface area contributed by atoms with Crippen LogP contribution >= 0.6 is 7.82 Å². The number of benzene rings is 2. The number of amides is 2. The lowest BCUT2D eigenvalue weighted by atomic mass is 10.2. The highest BCUT2D eigenvalue weighted by atomic mass is 31.2. The molecule has 0 aliphatic heterocycles. The molecular formula is C24H33N4O9P. The van der Waals surface area contributed by atoms with E-state index < -0.39 is 13.7 Å². The lowest BCUT2D eigenvalue weighted by Crippen LogP contribution is -2.26. The minimum absolute atomic E-state index is 0.000346. The summed E-state index contributed by atoms with van der Waals surface area (Å²) in [6.07, 6.45) is 1.52. The maximum absolute atomic E-state index is 12.2. The SMILES string of the molecule is COCCCNC(=O)CCCOc1cc(O)ccc1N=Nc1ccc(C(=O)NCCOP(=O)(O)OC)cc1. The van der Waals surface area contributed by atoms with Crippen LogP contribution in [-0.2, 0) is 23.1 Å². The van der Waals surface area contributed by atoms with Crippen molar-refractivity contribution in [2.45, 2.75) is 19.3 Å². The lowest BCUT2D eigenvalue weighted by Gasteiger charge is -2.10. The van der Waals surface area contributed by atoms with Crippen LogP contribution in [0.15, 0.2) is 52.7 Å². The standard InChI is InChI=1S/C24H33N4O9P/c1-34-14-4-12-25-23(30)5-3-15-36-22-17-20(29)10-11-21(22)28-27-19-8-6-18(7-9-19)24(31)26-13-16-37-38(32,33)35-2/h6-11,17,29H,3-5,12-16H2,1-2H3,(H,25,30)(H,26,31)(H,32,33). The van der Waals surface area contributed by atoms with Crippen molar-refractivity contribution in [3.8, 4) is 11.5 Å². The van der Waals surface area contributed by atoms with E-state index in [-0.39, 0.29) is 31.4 Å². The number of phenols is 1. The van der Waals surface area contributed by atoms with Crippen LogP contribution in [-0.4, -0.2) is 68.9 Å². The molecule has 0 aliphatic rings. The zero-order chi connectivity index (χ0) is 27.8.